The molecule has 2 rings (SSSR count). The third kappa shape index (κ3) is 4.17. The van der Waals surface area contributed by atoms with Crippen molar-refractivity contribution in [1.29, 1.82) is 0 Å². The first-order valence-corrected chi connectivity index (χ1v) is 6.76. The molecular formula is C14H16F4N2O. The number of benzene rings is 1. The van der Waals surface area contributed by atoms with Crippen molar-refractivity contribution in [2.24, 2.45) is 0 Å². The van der Waals surface area contributed by atoms with Crippen LogP contribution in [0.25, 0.3) is 0 Å². The van der Waals surface area contributed by atoms with Crippen LogP contribution in [0.1, 0.15) is 35.2 Å². The zero-order valence-electron chi connectivity index (χ0n) is 11.3. The van der Waals surface area contributed by atoms with E-state index in [-0.39, 0.29) is 11.6 Å². The molecular weight excluding hydrogens is 288 g/mol. The van der Waals surface area contributed by atoms with Gasteiger partial charge in [0.2, 0.25) is 0 Å². The molecule has 116 valence electrons. The van der Waals surface area contributed by atoms with Gasteiger partial charge in [0.15, 0.2) is 0 Å². The van der Waals surface area contributed by atoms with Crippen molar-refractivity contribution in [3.8, 4) is 0 Å². The number of rotatable bonds is 3. The SMILES string of the molecule is O=C(NCC1CCCCN1)c1ccc(F)c(C(F)(F)F)c1. The molecule has 0 spiro atoms. The first-order valence-electron chi connectivity index (χ1n) is 6.76. The molecule has 3 nitrogen and oxygen atoms in total. The summed E-state index contributed by atoms with van der Waals surface area (Å²) in [5.41, 5.74) is -1.62. The third-order valence-electron chi connectivity index (χ3n) is 3.46. The number of carbonyl (C=O) groups excluding carboxylic acids is 1. The summed E-state index contributed by atoms with van der Waals surface area (Å²) in [6.07, 6.45) is -1.76. The number of halogens is 4. The number of piperidine rings is 1. The summed E-state index contributed by atoms with van der Waals surface area (Å²) in [6, 6.07) is 2.38. The van der Waals surface area contributed by atoms with Crippen molar-refractivity contribution in [3.05, 3.63) is 35.1 Å². The molecule has 1 fully saturated rings. The highest BCUT2D eigenvalue weighted by atomic mass is 19.4. The number of nitrogens with one attached hydrogen (secondary N) is 2. The molecule has 2 N–H and O–H groups in total. The van der Waals surface area contributed by atoms with E-state index in [0.717, 1.165) is 31.9 Å². The molecule has 1 unspecified atom stereocenters. The van der Waals surface area contributed by atoms with Gasteiger partial charge in [-0.2, -0.15) is 13.2 Å². The van der Waals surface area contributed by atoms with Crippen molar-refractivity contribution < 1.29 is 22.4 Å². The van der Waals surface area contributed by atoms with Gasteiger partial charge in [-0.15, -0.1) is 0 Å². The Bertz CT molecular complexity index is 510. The Morgan fingerprint density at radius 3 is 2.71 bits per heavy atom. The minimum absolute atomic E-state index is 0.130. The first kappa shape index (κ1) is 15.8. The maximum atomic E-state index is 13.1. The highest BCUT2D eigenvalue weighted by Gasteiger charge is 2.34. The zero-order chi connectivity index (χ0) is 15.5. The van der Waals surface area contributed by atoms with Gasteiger partial charge < -0.3 is 10.6 Å². The highest BCUT2D eigenvalue weighted by molar-refractivity contribution is 5.94. The number of hydrogen-bond acceptors (Lipinski definition) is 2. The Morgan fingerprint density at radius 2 is 2.10 bits per heavy atom. The Morgan fingerprint density at radius 1 is 1.33 bits per heavy atom. The van der Waals surface area contributed by atoms with Crippen LogP contribution < -0.4 is 10.6 Å². The van der Waals surface area contributed by atoms with Crippen molar-refractivity contribution in [3.63, 3.8) is 0 Å². The molecule has 1 aromatic carbocycles. The Labute approximate surface area is 119 Å². The molecule has 1 saturated heterocycles. The Hall–Kier alpha value is -1.63. The second kappa shape index (κ2) is 6.43. The summed E-state index contributed by atoms with van der Waals surface area (Å²) >= 11 is 0. The second-order valence-electron chi connectivity index (χ2n) is 5.05. The molecule has 1 aliphatic heterocycles. The summed E-state index contributed by atoms with van der Waals surface area (Å²) in [5.74, 6) is -2.01. The molecule has 0 bridgehead atoms. The van der Waals surface area contributed by atoms with E-state index < -0.39 is 23.5 Å². The molecule has 0 aromatic heterocycles. The zero-order valence-corrected chi connectivity index (χ0v) is 11.3. The van der Waals surface area contributed by atoms with Crippen LogP contribution in [0.15, 0.2) is 18.2 Å². The maximum Gasteiger partial charge on any atom is 0.419 e. The Kier molecular flexibility index (Phi) is 4.82. The standard InChI is InChI=1S/C14H16F4N2O/c15-12-5-4-9(7-11(12)14(16,17)18)13(21)20-8-10-3-1-2-6-19-10/h4-5,7,10,19H,1-3,6,8H2,(H,20,21). The van der Waals surface area contributed by atoms with Gasteiger partial charge in [0, 0.05) is 18.2 Å². The topological polar surface area (TPSA) is 41.1 Å². The minimum atomic E-state index is -4.81. The average molecular weight is 304 g/mol. The summed E-state index contributed by atoms with van der Waals surface area (Å²) in [6.45, 7) is 1.22. The fraction of sp³-hybridized carbons (Fsp3) is 0.500. The fourth-order valence-corrected chi connectivity index (χ4v) is 2.30. The van der Waals surface area contributed by atoms with Gasteiger partial charge in [-0.05, 0) is 37.6 Å². The van der Waals surface area contributed by atoms with Crippen molar-refractivity contribution in [2.45, 2.75) is 31.5 Å². The van der Waals surface area contributed by atoms with Crippen LogP contribution in [0.2, 0.25) is 0 Å². The van der Waals surface area contributed by atoms with Crippen molar-refractivity contribution >= 4 is 5.91 Å². The van der Waals surface area contributed by atoms with Crippen LogP contribution in [0.4, 0.5) is 17.6 Å². The summed E-state index contributed by atoms with van der Waals surface area (Å²) in [5, 5.41) is 5.79. The number of amides is 1. The molecule has 1 atom stereocenters. The van der Waals surface area contributed by atoms with Gasteiger partial charge in [-0.1, -0.05) is 6.42 Å². The number of alkyl halides is 3. The normalized spacial score (nSPS) is 19.3. The minimum Gasteiger partial charge on any atom is -0.350 e. The monoisotopic (exact) mass is 304 g/mol. The van der Waals surface area contributed by atoms with E-state index in [1.807, 2.05) is 0 Å². The summed E-state index contributed by atoms with van der Waals surface area (Å²) < 4.78 is 50.9. The number of carbonyl (C=O) groups is 1. The molecule has 1 amide bonds. The Balaban J connectivity index is 2.02. The molecule has 7 heteroatoms. The lowest BCUT2D eigenvalue weighted by Gasteiger charge is -2.23. The molecule has 1 heterocycles. The van der Waals surface area contributed by atoms with Crippen LogP contribution >= 0.6 is 0 Å². The van der Waals surface area contributed by atoms with Crippen LogP contribution in [0.5, 0.6) is 0 Å². The smallest absolute Gasteiger partial charge is 0.350 e. The summed E-state index contributed by atoms with van der Waals surface area (Å²) in [7, 11) is 0. The van der Waals surface area contributed by atoms with Gasteiger partial charge in [-0.3, -0.25) is 4.79 Å². The molecule has 1 aliphatic rings. The van der Waals surface area contributed by atoms with E-state index >= 15 is 0 Å². The lowest BCUT2D eigenvalue weighted by molar-refractivity contribution is -0.140. The van der Waals surface area contributed by atoms with Crippen LogP contribution in [-0.4, -0.2) is 25.0 Å². The molecule has 0 aliphatic carbocycles. The van der Waals surface area contributed by atoms with Gasteiger partial charge in [-0.25, -0.2) is 4.39 Å². The lowest BCUT2D eigenvalue weighted by Crippen LogP contribution is -2.43. The second-order valence-corrected chi connectivity index (χ2v) is 5.05. The lowest BCUT2D eigenvalue weighted by atomic mass is 10.0. The van der Waals surface area contributed by atoms with Gasteiger partial charge in [0.05, 0.1) is 5.56 Å². The quantitative estimate of drug-likeness (QED) is 0.843. The highest BCUT2D eigenvalue weighted by Crippen LogP contribution is 2.31. The first-order chi connectivity index (χ1) is 9.88. The van der Waals surface area contributed by atoms with Crippen molar-refractivity contribution in [1.82, 2.24) is 10.6 Å². The van der Waals surface area contributed by atoms with Gasteiger partial charge in [0.1, 0.15) is 5.82 Å². The van der Waals surface area contributed by atoms with Crippen molar-refractivity contribution in [2.75, 3.05) is 13.1 Å². The van der Waals surface area contributed by atoms with E-state index in [1.54, 1.807) is 0 Å². The maximum absolute atomic E-state index is 13.1. The van der Waals surface area contributed by atoms with E-state index in [1.165, 1.54) is 0 Å². The molecule has 0 saturated carbocycles. The predicted molar refractivity (Wildman–Crippen MR) is 69.4 cm³/mol. The number of hydrogen-bond donors (Lipinski definition) is 2. The van der Waals surface area contributed by atoms with E-state index in [9.17, 15) is 22.4 Å². The summed E-state index contributed by atoms with van der Waals surface area (Å²) in [4.78, 5) is 11.8. The third-order valence-corrected chi connectivity index (χ3v) is 3.46. The van der Waals surface area contributed by atoms with Gasteiger partial charge in [0.25, 0.3) is 5.91 Å². The molecule has 21 heavy (non-hydrogen) atoms. The van der Waals surface area contributed by atoms with Crippen LogP contribution in [0, 0.1) is 5.82 Å². The van der Waals surface area contributed by atoms with Gasteiger partial charge >= 0.3 is 6.18 Å². The van der Waals surface area contributed by atoms with Crippen LogP contribution in [-0.2, 0) is 6.18 Å². The van der Waals surface area contributed by atoms with E-state index in [0.29, 0.717) is 18.7 Å². The molecule has 0 radical (unpaired) electrons. The average Bonchev–Trinajstić information content (AvgIpc) is 2.45. The largest absolute Gasteiger partial charge is 0.419 e. The van der Waals surface area contributed by atoms with E-state index in [4.69, 9.17) is 0 Å². The predicted octanol–water partition coefficient (Wildman–Crippen LogP) is 2.72. The van der Waals surface area contributed by atoms with Crippen LogP contribution in [0.3, 0.4) is 0 Å². The molecule has 1 aromatic rings. The van der Waals surface area contributed by atoms with E-state index in [2.05, 4.69) is 10.6 Å². The fourth-order valence-electron chi connectivity index (χ4n) is 2.30.